The number of hydrogen-bond donors (Lipinski definition) is 0. The number of carbonyl (C=O) groups excluding carboxylic acids is 1. The van der Waals surface area contributed by atoms with Gasteiger partial charge in [-0.1, -0.05) is 25.1 Å². The molecule has 1 aromatic heterocycles. The van der Waals surface area contributed by atoms with Crippen LogP contribution in [0.2, 0.25) is 0 Å². The van der Waals surface area contributed by atoms with E-state index < -0.39 is 5.97 Å². The minimum Gasteiger partial charge on any atom is -0.545 e. The summed E-state index contributed by atoms with van der Waals surface area (Å²) in [5, 5.41) is 10.9. The van der Waals surface area contributed by atoms with Gasteiger partial charge in [0.25, 0.3) is 0 Å². The molecule has 0 spiro atoms. The Kier molecular flexibility index (Phi) is 3.22. The second-order valence-corrected chi connectivity index (χ2v) is 5.01. The molecule has 0 saturated carbocycles. The molecule has 0 bridgehead atoms. The largest absolute Gasteiger partial charge is 0.545 e. The van der Waals surface area contributed by atoms with E-state index in [9.17, 15) is 9.90 Å². The van der Waals surface area contributed by atoms with Crippen molar-refractivity contribution >= 4 is 17.0 Å². The lowest BCUT2D eigenvalue weighted by Gasteiger charge is -2.08. The van der Waals surface area contributed by atoms with Gasteiger partial charge in [-0.3, -0.25) is 4.57 Å². The van der Waals surface area contributed by atoms with E-state index in [1.807, 2.05) is 11.5 Å². The van der Waals surface area contributed by atoms with Gasteiger partial charge in [-0.2, -0.15) is 0 Å². The molecular weight excluding hydrogens is 264 g/mol. The van der Waals surface area contributed by atoms with Gasteiger partial charge in [0.15, 0.2) is 0 Å². The Bertz CT molecular complexity index is 817. The molecule has 21 heavy (non-hydrogen) atoms. The molecule has 0 amide bonds. The Morgan fingerprint density at radius 1 is 1.19 bits per heavy atom. The number of nitrogens with zero attached hydrogens (tertiary/aromatic N) is 2. The van der Waals surface area contributed by atoms with Crippen molar-refractivity contribution in [3.8, 4) is 5.69 Å². The summed E-state index contributed by atoms with van der Waals surface area (Å²) in [4.78, 5) is 15.4. The van der Waals surface area contributed by atoms with E-state index in [1.54, 1.807) is 18.2 Å². The predicted molar refractivity (Wildman–Crippen MR) is 79.5 cm³/mol. The summed E-state index contributed by atoms with van der Waals surface area (Å²) in [7, 11) is 0. The van der Waals surface area contributed by atoms with Crippen molar-refractivity contribution in [2.75, 3.05) is 0 Å². The van der Waals surface area contributed by atoms with Crippen LogP contribution in [0, 0.1) is 6.92 Å². The number of aromatic carboxylic acids is 1. The summed E-state index contributed by atoms with van der Waals surface area (Å²) < 4.78 is 2.02. The van der Waals surface area contributed by atoms with Crippen molar-refractivity contribution in [2.24, 2.45) is 0 Å². The van der Waals surface area contributed by atoms with Gasteiger partial charge in [0.05, 0.1) is 17.0 Å². The molecule has 1 heterocycles. The van der Waals surface area contributed by atoms with E-state index in [1.165, 1.54) is 5.56 Å². The highest BCUT2D eigenvalue weighted by molar-refractivity contribution is 5.91. The minimum atomic E-state index is -1.18. The number of hydrogen-bond acceptors (Lipinski definition) is 3. The molecule has 0 radical (unpaired) electrons. The van der Waals surface area contributed by atoms with Crippen molar-refractivity contribution in [1.82, 2.24) is 9.55 Å². The highest BCUT2D eigenvalue weighted by Crippen LogP contribution is 2.22. The van der Waals surface area contributed by atoms with Gasteiger partial charge in [-0.25, -0.2) is 4.98 Å². The van der Waals surface area contributed by atoms with E-state index in [0.717, 1.165) is 23.4 Å². The summed E-state index contributed by atoms with van der Waals surface area (Å²) in [6.45, 7) is 4.03. The van der Waals surface area contributed by atoms with Crippen LogP contribution in [-0.4, -0.2) is 15.5 Å². The van der Waals surface area contributed by atoms with E-state index in [2.05, 4.69) is 36.2 Å². The van der Waals surface area contributed by atoms with Crippen molar-refractivity contribution in [2.45, 2.75) is 20.3 Å². The van der Waals surface area contributed by atoms with Gasteiger partial charge in [-0.05, 0) is 48.7 Å². The van der Waals surface area contributed by atoms with Crippen molar-refractivity contribution in [3.63, 3.8) is 0 Å². The number of carboxylic acid groups (broad SMARTS) is 1. The molecule has 0 aliphatic heterocycles. The number of aryl methyl sites for hydroxylation is 2. The zero-order valence-corrected chi connectivity index (χ0v) is 12.0. The average Bonchev–Trinajstić information content (AvgIpc) is 2.82. The van der Waals surface area contributed by atoms with Crippen LogP contribution < -0.4 is 5.11 Å². The van der Waals surface area contributed by atoms with Crippen molar-refractivity contribution in [1.29, 1.82) is 0 Å². The Labute approximate surface area is 122 Å². The highest BCUT2D eigenvalue weighted by atomic mass is 16.4. The fraction of sp³-hybridized carbons (Fsp3) is 0.176. The number of benzene rings is 2. The fourth-order valence-electron chi connectivity index (χ4n) is 2.53. The number of rotatable bonds is 3. The smallest absolute Gasteiger partial charge is 0.111 e. The number of imidazole rings is 1. The normalized spacial score (nSPS) is 11.0. The molecule has 0 N–H and O–H groups in total. The second kappa shape index (κ2) is 5.05. The van der Waals surface area contributed by atoms with Gasteiger partial charge >= 0.3 is 0 Å². The summed E-state index contributed by atoms with van der Waals surface area (Å²) in [5.41, 5.74) is 4.00. The molecule has 0 fully saturated rings. The summed E-state index contributed by atoms with van der Waals surface area (Å²) in [6.07, 6.45) is 0.999. The fourth-order valence-corrected chi connectivity index (χ4v) is 2.53. The lowest BCUT2D eigenvalue weighted by atomic mass is 10.1. The molecule has 3 rings (SSSR count). The van der Waals surface area contributed by atoms with E-state index >= 15 is 0 Å². The molecule has 106 valence electrons. The zero-order chi connectivity index (χ0) is 15.0. The third-order valence-corrected chi connectivity index (χ3v) is 3.66. The summed E-state index contributed by atoms with van der Waals surface area (Å²) in [5.74, 6) is -0.360. The van der Waals surface area contributed by atoms with Gasteiger partial charge in [0, 0.05) is 5.69 Å². The molecule has 2 aromatic carbocycles. The minimum absolute atomic E-state index is 0.147. The highest BCUT2D eigenvalue weighted by Gasteiger charge is 2.10. The van der Waals surface area contributed by atoms with Crippen LogP contribution >= 0.6 is 0 Å². The number of aromatic nitrogens is 2. The first-order valence-corrected chi connectivity index (χ1v) is 6.90. The van der Waals surface area contributed by atoms with Crippen molar-refractivity contribution < 1.29 is 9.90 Å². The van der Waals surface area contributed by atoms with E-state index in [-0.39, 0.29) is 5.56 Å². The van der Waals surface area contributed by atoms with Crippen LogP contribution in [0.4, 0.5) is 0 Å². The number of carbonyl (C=O) groups is 1. The Balaban J connectivity index is 2.17. The summed E-state index contributed by atoms with van der Waals surface area (Å²) in [6, 6.07) is 13.2. The molecule has 4 heteroatoms. The lowest BCUT2D eigenvalue weighted by Crippen LogP contribution is -2.21. The quantitative estimate of drug-likeness (QED) is 0.739. The molecule has 0 aliphatic carbocycles. The van der Waals surface area contributed by atoms with Gasteiger partial charge < -0.3 is 9.90 Å². The first kappa shape index (κ1) is 13.4. The molecule has 4 nitrogen and oxygen atoms in total. The maximum Gasteiger partial charge on any atom is 0.111 e. The first-order chi connectivity index (χ1) is 10.1. The molecule has 0 unspecified atom stereocenters. The van der Waals surface area contributed by atoms with Crippen LogP contribution in [-0.2, 0) is 6.42 Å². The third kappa shape index (κ3) is 2.29. The van der Waals surface area contributed by atoms with Crippen LogP contribution in [0.25, 0.3) is 16.7 Å². The molecule has 0 saturated heterocycles. The lowest BCUT2D eigenvalue weighted by molar-refractivity contribution is -0.255. The first-order valence-electron chi connectivity index (χ1n) is 6.90. The Morgan fingerprint density at radius 2 is 1.90 bits per heavy atom. The number of carboxylic acids is 1. The zero-order valence-electron chi connectivity index (χ0n) is 12.0. The number of fused-ring (bicyclic) bond motifs is 1. The molecular formula is C17H15N2O2-. The third-order valence-electron chi connectivity index (χ3n) is 3.66. The van der Waals surface area contributed by atoms with Crippen LogP contribution in [0.5, 0.6) is 0 Å². The Hall–Kier alpha value is -2.62. The maximum atomic E-state index is 10.9. The van der Waals surface area contributed by atoms with E-state index in [0.29, 0.717) is 5.52 Å². The van der Waals surface area contributed by atoms with Crippen molar-refractivity contribution in [3.05, 3.63) is 59.4 Å². The maximum absolute atomic E-state index is 10.9. The molecule has 0 atom stereocenters. The summed E-state index contributed by atoms with van der Waals surface area (Å²) >= 11 is 0. The van der Waals surface area contributed by atoms with Gasteiger partial charge in [0.1, 0.15) is 5.82 Å². The monoisotopic (exact) mass is 279 g/mol. The SMILES string of the molecule is CCc1ccc(-n2c(C)nc3cc(C(=O)[O-])ccc32)cc1. The Morgan fingerprint density at radius 3 is 2.52 bits per heavy atom. The molecule has 3 aromatic rings. The van der Waals surface area contributed by atoms with Gasteiger partial charge in [0.2, 0.25) is 0 Å². The predicted octanol–water partition coefficient (Wildman–Crippen LogP) is 2.26. The van der Waals surface area contributed by atoms with Crippen LogP contribution in [0.3, 0.4) is 0 Å². The topological polar surface area (TPSA) is 58.0 Å². The van der Waals surface area contributed by atoms with Crippen LogP contribution in [0.15, 0.2) is 42.5 Å². The van der Waals surface area contributed by atoms with Crippen LogP contribution in [0.1, 0.15) is 28.7 Å². The standard InChI is InChI=1S/C17H16N2O2/c1-3-12-4-7-14(8-5-12)19-11(2)18-15-10-13(17(20)21)6-9-16(15)19/h4-10H,3H2,1-2H3,(H,20,21)/p-1. The van der Waals surface area contributed by atoms with E-state index in [4.69, 9.17) is 0 Å². The van der Waals surface area contributed by atoms with Gasteiger partial charge in [-0.15, -0.1) is 0 Å². The second-order valence-electron chi connectivity index (χ2n) is 5.01. The average molecular weight is 279 g/mol. The molecule has 0 aliphatic rings.